The first kappa shape index (κ1) is 5.22. The highest BCUT2D eigenvalue weighted by Crippen LogP contribution is 2.15. The monoisotopic (exact) mass is 136 g/mol. The SMILES string of the molecule is Nc1cc2c(ccn2N)[nH]1. The van der Waals surface area contributed by atoms with Crippen molar-refractivity contribution >= 4 is 16.9 Å². The predicted octanol–water partition coefficient (Wildman–Crippen LogP) is 0.265. The number of hydrogen-bond acceptors (Lipinski definition) is 2. The first-order valence-corrected chi connectivity index (χ1v) is 2.98. The lowest BCUT2D eigenvalue weighted by molar-refractivity contribution is 1.07. The maximum Gasteiger partial charge on any atom is 0.103 e. The second-order valence-electron chi connectivity index (χ2n) is 2.25. The number of nitrogens with one attached hydrogen (secondary N) is 1. The van der Waals surface area contributed by atoms with Crippen LogP contribution in [0.2, 0.25) is 0 Å². The van der Waals surface area contributed by atoms with Gasteiger partial charge in [-0.1, -0.05) is 0 Å². The summed E-state index contributed by atoms with van der Waals surface area (Å²) in [5.41, 5.74) is 7.38. The van der Waals surface area contributed by atoms with Gasteiger partial charge in [-0.15, -0.1) is 0 Å². The van der Waals surface area contributed by atoms with E-state index >= 15 is 0 Å². The van der Waals surface area contributed by atoms with Gasteiger partial charge in [-0.05, 0) is 6.07 Å². The van der Waals surface area contributed by atoms with Gasteiger partial charge in [0, 0.05) is 12.3 Å². The van der Waals surface area contributed by atoms with E-state index in [1.54, 1.807) is 12.3 Å². The zero-order valence-electron chi connectivity index (χ0n) is 5.33. The van der Waals surface area contributed by atoms with Crippen LogP contribution < -0.4 is 11.6 Å². The Labute approximate surface area is 57.4 Å². The molecule has 2 heterocycles. The minimum Gasteiger partial charge on any atom is -0.385 e. The number of rotatable bonds is 0. The van der Waals surface area contributed by atoms with Gasteiger partial charge in [0.25, 0.3) is 0 Å². The Balaban J connectivity index is 2.90. The summed E-state index contributed by atoms with van der Waals surface area (Å²) in [5, 5.41) is 0. The van der Waals surface area contributed by atoms with E-state index < -0.39 is 0 Å². The molecule has 0 aromatic carbocycles. The number of H-pyrrole nitrogens is 1. The van der Waals surface area contributed by atoms with E-state index in [0.29, 0.717) is 5.82 Å². The van der Waals surface area contributed by atoms with Gasteiger partial charge in [-0.2, -0.15) is 0 Å². The molecule has 0 radical (unpaired) electrons. The molecule has 0 aliphatic rings. The number of nitrogen functional groups attached to an aromatic ring is 2. The lowest BCUT2D eigenvalue weighted by atomic mass is 10.5. The second-order valence-corrected chi connectivity index (χ2v) is 2.25. The normalized spacial score (nSPS) is 10.8. The fourth-order valence-electron chi connectivity index (χ4n) is 1.06. The van der Waals surface area contributed by atoms with Gasteiger partial charge in [0.2, 0.25) is 0 Å². The van der Waals surface area contributed by atoms with Crippen molar-refractivity contribution in [3.8, 4) is 0 Å². The van der Waals surface area contributed by atoms with Crippen molar-refractivity contribution in [3.05, 3.63) is 18.3 Å². The molecule has 0 saturated heterocycles. The van der Waals surface area contributed by atoms with Gasteiger partial charge in [0.1, 0.15) is 5.82 Å². The summed E-state index contributed by atoms with van der Waals surface area (Å²) in [5.74, 6) is 6.17. The Morgan fingerprint density at radius 1 is 1.50 bits per heavy atom. The Kier molecular flexibility index (Phi) is 0.768. The van der Waals surface area contributed by atoms with Gasteiger partial charge < -0.3 is 16.6 Å². The first-order valence-electron chi connectivity index (χ1n) is 2.98. The smallest absolute Gasteiger partial charge is 0.103 e. The van der Waals surface area contributed by atoms with Gasteiger partial charge >= 0.3 is 0 Å². The number of aromatic amines is 1. The Hall–Kier alpha value is -1.58. The number of anilines is 1. The molecule has 0 unspecified atom stereocenters. The first-order chi connectivity index (χ1) is 4.77. The minimum absolute atomic E-state index is 0.643. The summed E-state index contributed by atoms with van der Waals surface area (Å²) < 4.78 is 1.53. The Bertz CT molecular complexity index is 357. The van der Waals surface area contributed by atoms with Gasteiger partial charge in [0.15, 0.2) is 0 Å². The molecule has 0 bridgehead atoms. The number of nitrogens with two attached hydrogens (primary N) is 2. The van der Waals surface area contributed by atoms with Crippen LogP contribution in [0.1, 0.15) is 0 Å². The molecule has 5 N–H and O–H groups in total. The average molecular weight is 136 g/mol. The molecule has 0 amide bonds. The van der Waals surface area contributed by atoms with Crippen molar-refractivity contribution in [3.63, 3.8) is 0 Å². The summed E-state index contributed by atoms with van der Waals surface area (Å²) in [6.07, 6.45) is 1.78. The molecule has 2 aromatic heterocycles. The molecule has 0 aliphatic heterocycles. The van der Waals surface area contributed by atoms with E-state index in [-0.39, 0.29) is 0 Å². The third-order valence-electron chi connectivity index (χ3n) is 1.53. The maximum atomic E-state index is 5.53. The van der Waals surface area contributed by atoms with Crippen LogP contribution in [-0.4, -0.2) is 9.66 Å². The van der Waals surface area contributed by atoms with Crippen molar-refractivity contribution in [2.45, 2.75) is 0 Å². The van der Waals surface area contributed by atoms with Crippen molar-refractivity contribution < 1.29 is 0 Å². The standard InChI is InChI=1S/C6H8N4/c7-6-3-5-4(9-6)1-2-10(5)8/h1-3,9H,7-8H2. The number of fused-ring (bicyclic) bond motifs is 1. The molecular weight excluding hydrogens is 128 g/mol. The summed E-state index contributed by atoms with van der Waals surface area (Å²) in [7, 11) is 0. The molecule has 2 rings (SSSR count). The molecule has 10 heavy (non-hydrogen) atoms. The number of nitrogens with zero attached hydrogens (tertiary/aromatic N) is 1. The van der Waals surface area contributed by atoms with Crippen molar-refractivity contribution in [1.82, 2.24) is 9.66 Å². The van der Waals surface area contributed by atoms with Crippen molar-refractivity contribution in [1.29, 1.82) is 0 Å². The largest absolute Gasteiger partial charge is 0.385 e. The highest BCUT2D eigenvalue weighted by atomic mass is 15.3. The van der Waals surface area contributed by atoms with Crippen LogP contribution in [0, 0.1) is 0 Å². The van der Waals surface area contributed by atoms with Gasteiger partial charge in [0.05, 0.1) is 11.0 Å². The van der Waals surface area contributed by atoms with Gasteiger partial charge in [-0.25, -0.2) is 0 Å². The lowest BCUT2D eigenvalue weighted by Gasteiger charge is -1.87. The van der Waals surface area contributed by atoms with E-state index in [1.807, 2.05) is 6.07 Å². The van der Waals surface area contributed by atoms with Gasteiger partial charge in [-0.3, -0.25) is 4.68 Å². The average Bonchev–Trinajstić information content (AvgIpc) is 2.35. The molecule has 0 aliphatic carbocycles. The van der Waals surface area contributed by atoms with E-state index in [2.05, 4.69) is 4.98 Å². The number of aromatic nitrogens is 2. The molecule has 0 saturated carbocycles. The van der Waals surface area contributed by atoms with Crippen LogP contribution in [0.25, 0.3) is 11.0 Å². The molecule has 0 spiro atoms. The molecular formula is C6H8N4. The highest BCUT2D eigenvalue weighted by Gasteiger charge is 1.99. The van der Waals surface area contributed by atoms with E-state index in [0.717, 1.165) is 11.0 Å². The van der Waals surface area contributed by atoms with Crippen molar-refractivity contribution in [2.24, 2.45) is 0 Å². The second kappa shape index (κ2) is 1.47. The molecule has 4 nitrogen and oxygen atoms in total. The highest BCUT2D eigenvalue weighted by molar-refractivity contribution is 5.80. The number of hydrogen-bond donors (Lipinski definition) is 3. The zero-order valence-corrected chi connectivity index (χ0v) is 5.33. The molecule has 0 fully saturated rings. The predicted molar refractivity (Wildman–Crippen MR) is 40.9 cm³/mol. The van der Waals surface area contributed by atoms with Crippen LogP contribution in [0.5, 0.6) is 0 Å². The quantitative estimate of drug-likeness (QED) is 0.455. The Morgan fingerprint density at radius 2 is 2.30 bits per heavy atom. The molecule has 0 atom stereocenters. The fraction of sp³-hybridized carbons (Fsp3) is 0. The van der Waals surface area contributed by atoms with Crippen molar-refractivity contribution in [2.75, 3.05) is 11.6 Å². The van der Waals surface area contributed by atoms with Crippen LogP contribution in [0.3, 0.4) is 0 Å². The molecule has 2 aromatic rings. The fourth-order valence-corrected chi connectivity index (χ4v) is 1.06. The zero-order chi connectivity index (χ0) is 7.14. The topological polar surface area (TPSA) is 72.8 Å². The summed E-state index contributed by atoms with van der Waals surface area (Å²) >= 11 is 0. The molecule has 4 heteroatoms. The third-order valence-corrected chi connectivity index (χ3v) is 1.53. The van der Waals surface area contributed by atoms with Crippen LogP contribution in [0.4, 0.5) is 5.82 Å². The van der Waals surface area contributed by atoms with E-state index in [1.165, 1.54) is 4.68 Å². The summed E-state index contributed by atoms with van der Waals surface area (Å²) in [6, 6.07) is 3.68. The van der Waals surface area contributed by atoms with E-state index in [9.17, 15) is 0 Å². The van der Waals surface area contributed by atoms with Crippen LogP contribution in [0.15, 0.2) is 18.3 Å². The van der Waals surface area contributed by atoms with Crippen LogP contribution in [-0.2, 0) is 0 Å². The molecule has 52 valence electrons. The van der Waals surface area contributed by atoms with E-state index in [4.69, 9.17) is 11.6 Å². The minimum atomic E-state index is 0.643. The van der Waals surface area contributed by atoms with Crippen LogP contribution >= 0.6 is 0 Å². The maximum absolute atomic E-state index is 5.53. The summed E-state index contributed by atoms with van der Waals surface area (Å²) in [4.78, 5) is 2.96. The Morgan fingerprint density at radius 3 is 3.00 bits per heavy atom. The summed E-state index contributed by atoms with van der Waals surface area (Å²) in [6.45, 7) is 0. The lowest BCUT2D eigenvalue weighted by Crippen LogP contribution is -2.04. The third kappa shape index (κ3) is 0.500.